The highest BCUT2D eigenvalue weighted by Gasteiger charge is 2.12. The van der Waals surface area contributed by atoms with E-state index in [1.165, 1.54) is 15.3 Å². The Kier molecular flexibility index (Phi) is 4.35. The number of hydrogen-bond donors (Lipinski definition) is 2. The lowest BCUT2D eigenvalue weighted by molar-refractivity contribution is 0.0767. The van der Waals surface area contributed by atoms with Gasteiger partial charge in [-0.25, -0.2) is 0 Å². The van der Waals surface area contributed by atoms with Gasteiger partial charge in [0.2, 0.25) is 0 Å². The van der Waals surface area contributed by atoms with Crippen LogP contribution in [0.4, 0.5) is 0 Å². The van der Waals surface area contributed by atoms with Gasteiger partial charge in [-0.3, -0.25) is 0 Å². The molecule has 1 atom stereocenters. The van der Waals surface area contributed by atoms with E-state index in [0.29, 0.717) is 6.04 Å². The maximum Gasteiger partial charge on any atom is 0.0632 e. The first kappa shape index (κ1) is 12.0. The van der Waals surface area contributed by atoms with Crippen molar-refractivity contribution < 1.29 is 4.74 Å². The third kappa shape index (κ3) is 3.28. The fraction of sp³-hybridized carbons (Fsp3) is 0.667. The highest BCUT2D eigenvalue weighted by Crippen LogP contribution is 2.20. The maximum absolute atomic E-state index is 5.41. The summed E-state index contributed by atoms with van der Waals surface area (Å²) < 4.78 is 5.41. The van der Waals surface area contributed by atoms with Crippen LogP contribution in [0.1, 0.15) is 15.3 Å². The number of ether oxygens (including phenoxy) is 1. The van der Waals surface area contributed by atoms with Crippen LogP contribution in [0.2, 0.25) is 0 Å². The van der Waals surface area contributed by atoms with E-state index in [1.807, 2.05) is 11.3 Å². The van der Waals surface area contributed by atoms with Crippen molar-refractivity contribution in [2.75, 3.05) is 26.3 Å². The molecule has 1 aliphatic heterocycles. The van der Waals surface area contributed by atoms with Crippen molar-refractivity contribution in [1.82, 2.24) is 10.6 Å². The predicted molar refractivity (Wildman–Crippen MR) is 68.1 cm³/mol. The van der Waals surface area contributed by atoms with Crippen LogP contribution < -0.4 is 10.6 Å². The Bertz CT molecular complexity index is 312. The standard InChI is InChI=1S/C12H20N2OS/c1-9-5-12(16-10(9)2)7-13-6-11-8-15-4-3-14-11/h5,11,13-14H,3-4,6-8H2,1-2H3. The summed E-state index contributed by atoms with van der Waals surface area (Å²) in [5.74, 6) is 0. The molecule has 1 fully saturated rings. The van der Waals surface area contributed by atoms with E-state index in [9.17, 15) is 0 Å². The highest BCUT2D eigenvalue weighted by molar-refractivity contribution is 7.12. The largest absolute Gasteiger partial charge is 0.378 e. The summed E-state index contributed by atoms with van der Waals surface area (Å²) in [7, 11) is 0. The van der Waals surface area contributed by atoms with Crippen molar-refractivity contribution in [3.8, 4) is 0 Å². The summed E-state index contributed by atoms with van der Waals surface area (Å²) in [6.07, 6.45) is 0. The van der Waals surface area contributed by atoms with Gasteiger partial charge in [0.05, 0.1) is 13.2 Å². The molecule has 1 aromatic heterocycles. The summed E-state index contributed by atoms with van der Waals surface area (Å²) in [5, 5.41) is 6.92. The molecule has 16 heavy (non-hydrogen) atoms. The second-order valence-corrected chi connectivity index (χ2v) is 5.65. The van der Waals surface area contributed by atoms with Crippen LogP contribution in [0, 0.1) is 13.8 Å². The number of hydrogen-bond acceptors (Lipinski definition) is 4. The summed E-state index contributed by atoms with van der Waals surface area (Å²) in [5.41, 5.74) is 1.40. The Labute approximate surface area is 101 Å². The van der Waals surface area contributed by atoms with Gasteiger partial charge in [-0.1, -0.05) is 0 Å². The molecule has 90 valence electrons. The number of rotatable bonds is 4. The van der Waals surface area contributed by atoms with E-state index >= 15 is 0 Å². The third-order valence-electron chi connectivity index (χ3n) is 2.91. The lowest BCUT2D eigenvalue weighted by Gasteiger charge is -2.23. The zero-order valence-electron chi connectivity index (χ0n) is 10.0. The fourth-order valence-corrected chi connectivity index (χ4v) is 2.88. The van der Waals surface area contributed by atoms with Crippen molar-refractivity contribution in [1.29, 1.82) is 0 Å². The fourth-order valence-electron chi connectivity index (χ4n) is 1.86. The molecule has 0 aromatic carbocycles. The minimum absolute atomic E-state index is 0.468. The average molecular weight is 240 g/mol. The molecular formula is C12H20N2OS. The Morgan fingerprint density at radius 2 is 2.44 bits per heavy atom. The molecule has 3 nitrogen and oxygen atoms in total. The topological polar surface area (TPSA) is 33.3 Å². The first-order valence-electron chi connectivity index (χ1n) is 5.83. The lowest BCUT2D eigenvalue weighted by Crippen LogP contribution is -2.47. The molecule has 0 spiro atoms. The lowest BCUT2D eigenvalue weighted by atomic mass is 10.2. The second kappa shape index (κ2) is 5.77. The van der Waals surface area contributed by atoms with E-state index < -0.39 is 0 Å². The molecule has 0 bridgehead atoms. The summed E-state index contributed by atoms with van der Waals surface area (Å²) in [6.45, 7) is 8.96. The second-order valence-electron chi connectivity index (χ2n) is 4.31. The Morgan fingerprint density at radius 3 is 3.06 bits per heavy atom. The van der Waals surface area contributed by atoms with E-state index in [1.54, 1.807) is 0 Å². The quantitative estimate of drug-likeness (QED) is 0.835. The van der Waals surface area contributed by atoms with Crippen LogP contribution in [0.25, 0.3) is 0 Å². The van der Waals surface area contributed by atoms with Crippen LogP contribution in [-0.4, -0.2) is 32.3 Å². The molecule has 1 aromatic rings. The Morgan fingerprint density at radius 1 is 1.56 bits per heavy atom. The summed E-state index contributed by atoms with van der Waals surface area (Å²) in [6, 6.07) is 2.74. The van der Waals surface area contributed by atoms with Gasteiger partial charge in [-0.2, -0.15) is 0 Å². The zero-order valence-corrected chi connectivity index (χ0v) is 10.8. The molecule has 1 unspecified atom stereocenters. The van der Waals surface area contributed by atoms with Crippen molar-refractivity contribution >= 4 is 11.3 Å². The van der Waals surface area contributed by atoms with Gasteiger partial charge >= 0.3 is 0 Å². The van der Waals surface area contributed by atoms with Gasteiger partial charge in [0.25, 0.3) is 0 Å². The summed E-state index contributed by atoms with van der Waals surface area (Å²) in [4.78, 5) is 2.85. The van der Waals surface area contributed by atoms with Crippen molar-refractivity contribution in [2.24, 2.45) is 0 Å². The number of aryl methyl sites for hydroxylation is 2. The van der Waals surface area contributed by atoms with Crippen LogP contribution >= 0.6 is 11.3 Å². The van der Waals surface area contributed by atoms with Crippen LogP contribution in [0.15, 0.2) is 6.07 Å². The molecule has 4 heteroatoms. The van der Waals surface area contributed by atoms with Crippen molar-refractivity contribution in [3.63, 3.8) is 0 Å². The molecule has 1 aliphatic rings. The van der Waals surface area contributed by atoms with E-state index in [4.69, 9.17) is 4.74 Å². The minimum atomic E-state index is 0.468. The normalized spacial score (nSPS) is 21.2. The molecule has 0 amide bonds. The Balaban J connectivity index is 1.71. The predicted octanol–water partition coefficient (Wildman–Crippen LogP) is 1.44. The molecule has 2 heterocycles. The first-order valence-corrected chi connectivity index (χ1v) is 6.65. The van der Waals surface area contributed by atoms with Gasteiger partial charge in [0.1, 0.15) is 0 Å². The smallest absolute Gasteiger partial charge is 0.0632 e. The van der Waals surface area contributed by atoms with Crippen LogP contribution in [0.3, 0.4) is 0 Å². The molecule has 2 N–H and O–H groups in total. The summed E-state index contributed by atoms with van der Waals surface area (Å²) >= 11 is 1.89. The third-order valence-corrected chi connectivity index (χ3v) is 4.06. The molecule has 0 saturated carbocycles. The molecule has 2 rings (SSSR count). The monoisotopic (exact) mass is 240 g/mol. The highest BCUT2D eigenvalue weighted by atomic mass is 32.1. The van der Waals surface area contributed by atoms with Gasteiger partial charge in [0.15, 0.2) is 0 Å². The van der Waals surface area contributed by atoms with Crippen molar-refractivity contribution in [3.05, 3.63) is 21.4 Å². The zero-order chi connectivity index (χ0) is 11.4. The van der Waals surface area contributed by atoms with E-state index in [0.717, 1.165) is 32.8 Å². The number of thiophene rings is 1. The molecular weight excluding hydrogens is 220 g/mol. The van der Waals surface area contributed by atoms with Gasteiger partial charge in [-0.15, -0.1) is 11.3 Å². The van der Waals surface area contributed by atoms with E-state index in [-0.39, 0.29) is 0 Å². The molecule has 0 aliphatic carbocycles. The van der Waals surface area contributed by atoms with Crippen molar-refractivity contribution in [2.45, 2.75) is 26.4 Å². The minimum Gasteiger partial charge on any atom is -0.378 e. The average Bonchev–Trinajstić information content (AvgIpc) is 2.60. The van der Waals surface area contributed by atoms with E-state index in [2.05, 4.69) is 30.5 Å². The number of nitrogens with one attached hydrogen (secondary N) is 2. The van der Waals surface area contributed by atoms with Gasteiger partial charge in [0, 0.05) is 35.4 Å². The van der Waals surface area contributed by atoms with Gasteiger partial charge in [-0.05, 0) is 25.5 Å². The van der Waals surface area contributed by atoms with Gasteiger partial charge < -0.3 is 15.4 Å². The van der Waals surface area contributed by atoms with Crippen LogP contribution in [0.5, 0.6) is 0 Å². The maximum atomic E-state index is 5.41. The molecule has 1 saturated heterocycles. The van der Waals surface area contributed by atoms with Crippen LogP contribution in [-0.2, 0) is 11.3 Å². The SMILES string of the molecule is Cc1cc(CNCC2COCCN2)sc1C. The number of morpholine rings is 1. The Hall–Kier alpha value is -0.420. The first-order chi connectivity index (χ1) is 7.75. The molecule has 0 radical (unpaired) electrons.